The molecule has 0 radical (unpaired) electrons. The summed E-state index contributed by atoms with van der Waals surface area (Å²) in [7, 11) is 0. The Morgan fingerprint density at radius 2 is 2.21 bits per heavy atom. The number of carbonyl (C=O) groups excluding carboxylic acids is 2. The topological polar surface area (TPSA) is 75.4 Å². The van der Waals surface area contributed by atoms with Crippen LogP contribution in [0.15, 0.2) is 28.8 Å². The zero-order valence-electron chi connectivity index (χ0n) is 13.8. The van der Waals surface area contributed by atoms with Crippen LogP contribution in [0.2, 0.25) is 0 Å². The Balaban J connectivity index is 1.68. The fourth-order valence-electron chi connectivity index (χ4n) is 2.64. The first-order valence-electron chi connectivity index (χ1n) is 8.04. The lowest BCUT2D eigenvalue weighted by molar-refractivity contribution is -0.137. The maximum Gasteiger partial charge on any atom is 0.243 e. The first-order valence-corrected chi connectivity index (χ1v) is 9.20. The van der Waals surface area contributed by atoms with Gasteiger partial charge in [0.2, 0.25) is 11.8 Å². The molecule has 24 heavy (non-hydrogen) atoms. The first-order chi connectivity index (χ1) is 11.6. The number of para-hydroxylation sites is 1. The largest absolute Gasteiger partial charge is 0.356 e. The fraction of sp³-hybridized carbons (Fsp3) is 0.471. The molecule has 1 aromatic carbocycles. The van der Waals surface area contributed by atoms with Crippen molar-refractivity contribution < 1.29 is 14.1 Å². The number of aromatic nitrogens is 1. The number of nitrogens with one attached hydrogen (secondary N) is 1. The highest BCUT2D eigenvalue weighted by molar-refractivity contribution is 7.99. The van der Waals surface area contributed by atoms with Gasteiger partial charge in [0.1, 0.15) is 11.7 Å². The first kappa shape index (κ1) is 16.8. The Bertz CT molecular complexity index is 744. The standard InChI is InChI=1S/C17H21N3O3S/c1-11(2)8-18-17(22)14-9-24-10-20(14)16(21)7-13-12-5-3-4-6-15(12)23-19-13/h3-6,11,14H,7-10H2,1-2H3,(H,18,22). The SMILES string of the molecule is CC(C)CNC(=O)C1CSCN1C(=O)Cc1noc2ccccc12. The fourth-order valence-corrected chi connectivity index (χ4v) is 3.82. The van der Waals surface area contributed by atoms with Crippen LogP contribution in [-0.2, 0) is 16.0 Å². The van der Waals surface area contributed by atoms with E-state index >= 15 is 0 Å². The summed E-state index contributed by atoms with van der Waals surface area (Å²) in [6.45, 7) is 4.71. The molecule has 2 aromatic rings. The summed E-state index contributed by atoms with van der Waals surface area (Å²) in [4.78, 5) is 26.6. The predicted molar refractivity (Wildman–Crippen MR) is 93.5 cm³/mol. The highest BCUT2D eigenvalue weighted by atomic mass is 32.2. The van der Waals surface area contributed by atoms with Crippen molar-refractivity contribution in [2.45, 2.75) is 26.3 Å². The van der Waals surface area contributed by atoms with Crippen molar-refractivity contribution in [3.8, 4) is 0 Å². The number of amides is 2. The molecule has 1 aliphatic heterocycles. The Hall–Kier alpha value is -2.02. The number of thioether (sulfide) groups is 1. The van der Waals surface area contributed by atoms with E-state index < -0.39 is 6.04 Å². The van der Waals surface area contributed by atoms with E-state index in [1.54, 1.807) is 16.7 Å². The van der Waals surface area contributed by atoms with Crippen LogP contribution in [0.4, 0.5) is 0 Å². The molecular formula is C17H21N3O3S. The number of hydrogen-bond donors (Lipinski definition) is 1. The molecule has 1 aliphatic rings. The maximum atomic E-state index is 12.7. The molecule has 1 atom stereocenters. The van der Waals surface area contributed by atoms with Crippen molar-refractivity contribution in [3.05, 3.63) is 30.0 Å². The highest BCUT2D eigenvalue weighted by Gasteiger charge is 2.34. The van der Waals surface area contributed by atoms with Crippen molar-refractivity contribution in [2.24, 2.45) is 5.92 Å². The van der Waals surface area contributed by atoms with Gasteiger partial charge in [0, 0.05) is 17.7 Å². The van der Waals surface area contributed by atoms with E-state index in [1.807, 2.05) is 38.1 Å². The van der Waals surface area contributed by atoms with E-state index in [-0.39, 0.29) is 18.2 Å². The minimum atomic E-state index is -0.403. The van der Waals surface area contributed by atoms with Crippen molar-refractivity contribution in [2.75, 3.05) is 18.2 Å². The van der Waals surface area contributed by atoms with Crippen LogP contribution < -0.4 is 5.32 Å². The molecule has 0 spiro atoms. The molecular weight excluding hydrogens is 326 g/mol. The summed E-state index contributed by atoms with van der Waals surface area (Å²) in [5, 5.41) is 7.77. The summed E-state index contributed by atoms with van der Waals surface area (Å²) in [6.07, 6.45) is 0.144. The maximum absolute atomic E-state index is 12.7. The molecule has 3 rings (SSSR count). The summed E-state index contributed by atoms with van der Waals surface area (Å²) in [6, 6.07) is 7.07. The molecule has 128 valence electrons. The van der Waals surface area contributed by atoms with Gasteiger partial charge in [-0.2, -0.15) is 0 Å². The van der Waals surface area contributed by atoms with Crippen LogP contribution in [0, 0.1) is 5.92 Å². The Kier molecular flexibility index (Phi) is 5.08. The van der Waals surface area contributed by atoms with Crippen LogP contribution in [-0.4, -0.2) is 46.1 Å². The van der Waals surface area contributed by atoms with Crippen LogP contribution in [0.5, 0.6) is 0 Å². The third kappa shape index (κ3) is 3.56. The summed E-state index contributed by atoms with van der Waals surface area (Å²) in [5.41, 5.74) is 1.29. The molecule has 2 heterocycles. The van der Waals surface area contributed by atoms with Crippen LogP contribution >= 0.6 is 11.8 Å². The number of hydrogen-bond acceptors (Lipinski definition) is 5. The Morgan fingerprint density at radius 3 is 3.00 bits per heavy atom. The number of rotatable bonds is 5. The molecule has 1 aromatic heterocycles. The van der Waals surface area contributed by atoms with Crippen molar-refractivity contribution in [1.29, 1.82) is 0 Å². The van der Waals surface area contributed by atoms with Gasteiger partial charge >= 0.3 is 0 Å². The average Bonchev–Trinajstić information content (AvgIpc) is 3.20. The molecule has 1 saturated heterocycles. The molecule has 1 N–H and O–H groups in total. The minimum Gasteiger partial charge on any atom is -0.356 e. The van der Waals surface area contributed by atoms with E-state index in [4.69, 9.17) is 4.52 Å². The van der Waals surface area contributed by atoms with Gasteiger partial charge < -0.3 is 14.7 Å². The van der Waals surface area contributed by atoms with Crippen LogP contribution in [0.25, 0.3) is 11.0 Å². The second-order valence-corrected chi connectivity index (χ2v) is 7.32. The molecule has 7 heteroatoms. The van der Waals surface area contributed by atoms with E-state index in [0.29, 0.717) is 35.4 Å². The van der Waals surface area contributed by atoms with Gasteiger partial charge in [0.25, 0.3) is 0 Å². The number of carbonyl (C=O) groups is 2. The molecule has 0 aliphatic carbocycles. The number of benzene rings is 1. The minimum absolute atomic E-state index is 0.0768. The molecule has 0 bridgehead atoms. The Morgan fingerprint density at radius 1 is 1.42 bits per heavy atom. The lowest BCUT2D eigenvalue weighted by Gasteiger charge is -2.23. The zero-order valence-corrected chi connectivity index (χ0v) is 14.6. The molecule has 0 saturated carbocycles. The summed E-state index contributed by atoms with van der Waals surface area (Å²) >= 11 is 1.60. The quantitative estimate of drug-likeness (QED) is 0.896. The predicted octanol–water partition coefficient (Wildman–Crippen LogP) is 2.04. The second-order valence-electron chi connectivity index (χ2n) is 6.32. The van der Waals surface area contributed by atoms with Gasteiger partial charge in [-0.1, -0.05) is 31.1 Å². The lowest BCUT2D eigenvalue weighted by atomic mass is 10.1. The normalized spacial score (nSPS) is 17.6. The monoisotopic (exact) mass is 347 g/mol. The van der Waals surface area contributed by atoms with Gasteiger partial charge in [-0.15, -0.1) is 11.8 Å². The van der Waals surface area contributed by atoms with Gasteiger partial charge in [0.15, 0.2) is 5.58 Å². The van der Waals surface area contributed by atoms with Gasteiger partial charge in [-0.3, -0.25) is 9.59 Å². The van der Waals surface area contributed by atoms with Crippen molar-refractivity contribution in [1.82, 2.24) is 15.4 Å². The molecule has 2 amide bonds. The number of fused-ring (bicyclic) bond motifs is 1. The summed E-state index contributed by atoms with van der Waals surface area (Å²) < 4.78 is 5.25. The van der Waals surface area contributed by atoms with Gasteiger partial charge in [0.05, 0.1) is 12.3 Å². The third-order valence-corrected chi connectivity index (χ3v) is 4.97. The summed E-state index contributed by atoms with van der Waals surface area (Å²) in [5.74, 6) is 1.38. The van der Waals surface area contributed by atoms with E-state index in [0.717, 1.165) is 5.39 Å². The van der Waals surface area contributed by atoms with Crippen molar-refractivity contribution >= 4 is 34.5 Å². The second kappa shape index (κ2) is 7.25. The molecule has 1 unspecified atom stereocenters. The highest BCUT2D eigenvalue weighted by Crippen LogP contribution is 2.24. The third-order valence-electron chi connectivity index (χ3n) is 3.96. The number of nitrogens with zero attached hydrogens (tertiary/aromatic N) is 2. The van der Waals surface area contributed by atoms with E-state index in [2.05, 4.69) is 10.5 Å². The molecule has 6 nitrogen and oxygen atoms in total. The zero-order chi connectivity index (χ0) is 17.1. The smallest absolute Gasteiger partial charge is 0.243 e. The van der Waals surface area contributed by atoms with Gasteiger partial charge in [-0.05, 0) is 18.1 Å². The van der Waals surface area contributed by atoms with Crippen LogP contribution in [0.3, 0.4) is 0 Å². The van der Waals surface area contributed by atoms with Crippen LogP contribution in [0.1, 0.15) is 19.5 Å². The lowest BCUT2D eigenvalue weighted by Crippen LogP contribution is -2.48. The van der Waals surface area contributed by atoms with Gasteiger partial charge in [-0.25, -0.2) is 0 Å². The molecule has 1 fully saturated rings. The average molecular weight is 347 g/mol. The van der Waals surface area contributed by atoms with E-state index in [9.17, 15) is 9.59 Å². The Labute approximate surface area is 144 Å². The van der Waals surface area contributed by atoms with E-state index in [1.165, 1.54) is 0 Å². The van der Waals surface area contributed by atoms with Crippen molar-refractivity contribution in [3.63, 3.8) is 0 Å².